The van der Waals surface area contributed by atoms with Crippen LogP contribution in [0.1, 0.15) is 17.3 Å². The van der Waals surface area contributed by atoms with Crippen molar-refractivity contribution < 1.29 is 23.8 Å². The number of halogens is 1. The fourth-order valence-corrected chi connectivity index (χ4v) is 2.01. The van der Waals surface area contributed by atoms with Crippen molar-refractivity contribution >= 4 is 23.0 Å². The molecule has 9 nitrogen and oxygen atoms in total. The lowest BCUT2D eigenvalue weighted by Gasteiger charge is -2.08. The number of anilines is 1. The molecule has 2 aromatic rings. The lowest BCUT2D eigenvalue weighted by atomic mass is 10.1. The first kappa shape index (κ1) is 17.8. The van der Waals surface area contributed by atoms with Gasteiger partial charge in [0.2, 0.25) is 5.82 Å². The van der Waals surface area contributed by atoms with E-state index in [2.05, 4.69) is 5.32 Å². The summed E-state index contributed by atoms with van der Waals surface area (Å²) in [5.74, 6) is -1.77. The molecule has 0 radical (unpaired) electrons. The Morgan fingerprint density at radius 1 is 1.12 bits per heavy atom. The third-order valence-electron chi connectivity index (χ3n) is 3.12. The predicted molar refractivity (Wildman–Crippen MR) is 85.3 cm³/mol. The topological polar surface area (TPSA) is 125 Å². The van der Waals surface area contributed by atoms with Crippen LogP contribution in [0.3, 0.4) is 0 Å². The van der Waals surface area contributed by atoms with Crippen molar-refractivity contribution in [2.75, 3.05) is 11.9 Å². The Morgan fingerprint density at radius 3 is 2.40 bits per heavy atom. The quantitative estimate of drug-likeness (QED) is 0.630. The highest BCUT2D eigenvalue weighted by atomic mass is 19.1. The highest BCUT2D eigenvalue weighted by Crippen LogP contribution is 2.28. The van der Waals surface area contributed by atoms with E-state index < -0.39 is 27.3 Å². The zero-order valence-corrected chi connectivity index (χ0v) is 12.9. The zero-order chi connectivity index (χ0) is 18.6. The summed E-state index contributed by atoms with van der Waals surface area (Å²) in [5, 5.41) is 24.1. The number of nitrogens with zero attached hydrogens (tertiary/aromatic N) is 2. The van der Waals surface area contributed by atoms with Crippen LogP contribution in [0.4, 0.5) is 21.5 Å². The third-order valence-corrected chi connectivity index (χ3v) is 3.12. The van der Waals surface area contributed by atoms with Crippen LogP contribution < -0.4 is 10.1 Å². The minimum atomic E-state index is -1.04. The number of rotatable bonds is 6. The standard InChI is InChI=1S/C15H12FN3O6/c1-2-25-14-6-3-9(7-13(14)19(23)24)15(20)17-10-4-5-11(16)12(8-10)18(21)22/h3-8H,2H2,1H3,(H,17,20). The van der Waals surface area contributed by atoms with Crippen molar-refractivity contribution in [1.29, 1.82) is 0 Å². The van der Waals surface area contributed by atoms with E-state index in [1.54, 1.807) is 6.92 Å². The summed E-state index contributed by atoms with van der Waals surface area (Å²) in [6.07, 6.45) is 0. The first-order chi connectivity index (χ1) is 11.8. The number of nitro benzene ring substituents is 2. The fourth-order valence-electron chi connectivity index (χ4n) is 2.01. The van der Waals surface area contributed by atoms with Crippen LogP contribution in [-0.4, -0.2) is 22.4 Å². The second kappa shape index (κ2) is 7.34. The van der Waals surface area contributed by atoms with Gasteiger partial charge >= 0.3 is 11.4 Å². The van der Waals surface area contributed by atoms with Gasteiger partial charge in [0.15, 0.2) is 5.75 Å². The molecule has 0 unspecified atom stereocenters. The molecule has 130 valence electrons. The van der Waals surface area contributed by atoms with Gasteiger partial charge in [-0.25, -0.2) is 0 Å². The first-order valence-corrected chi connectivity index (χ1v) is 7.00. The Labute approximate surface area is 140 Å². The lowest BCUT2D eigenvalue weighted by molar-refractivity contribution is -0.387. The largest absolute Gasteiger partial charge is 0.487 e. The van der Waals surface area contributed by atoms with E-state index in [0.717, 1.165) is 24.3 Å². The summed E-state index contributed by atoms with van der Waals surface area (Å²) in [5.41, 5.74) is -1.26. The summed E-state index contributed by atoms with van der Waals surface area (Å²) in [4.78, 5) is 32.3. The Balaban J connectivity index is 2.29. The van der Waals surface area contributed by atoms with E-state index in [0.29, 0.717) is 0 Å². The SMILES string of the molecule is CCOc1ccc(C(=O)Nc2ccc(F)c([N+](=O)[O-])c2)cc1[N+](=O)[O-]. The normalized spacial score (nSPS) is 10.2. The molecule has 0 aromatic heterocycles. The molecule has 0 spiro atoms. The summed E-state index contributed by atoms with van der Waals surface area (Å²) < 4.78 is 18.4. The maximum Gasteiger partial charge on any atom is 0.311 e. The van der Waals surface area contributed by atoms with Gasteiger partial charge in [-0.15, -0.1) is 0 Å². The second-order valence-corrected chi connectivity index (χ2v) is 4.75. The van der Waals surface area contributed by atoms with Crippen LogP contribution in [-0.2, 0) is 0 Å². The van der Waals surface area contributed by atoms with Crippen molar-refractivity contribution in [2.45, 2.75) is 6.92 Å². The van der Waals surface area contributed by atoms with Gasteiger partial charge < -0.3 is 10.1 Å². The number of hydrogen-bond donors (Lipinski definition) is 1. The molecule has 0 bridgehead atoms. The molecule has 0 atom stereocenters. The third kappa shape index (κ3) is 4.05. The molecule has 0 aliphatic carbocycles. The average molecular weight is 349 g/mol. The maximum absolute atomic E-state index is 13.3. The molecule has 1 N–H and O–H groups in total. The van der Waals surface area contributed by atoms with E-state index >= 15 is 0 Å². The molecular formula is C15H12FN3O6. The highest BCUT2D eigenvalue weighted by molar-refractivity contribution is 6.05. The van der Waals surface area contributed by atoms with Crippen LogP contribution in [0.5, 0.6) is 5.75 Å². The number of amides is 1. The summed E-state index contributed by atoms with van der Waals surface area (Å²) >= 11 is 0. The van der Waals surface area contributed by atoms with Crippen LogP contribution in [0.15, 0.2) is 36.4 Å². The van der Waals surface area contributed by atoms with E-state index in [-0.39, 0.29) is 29.3 Å². The Kier molecular flexibility index (Phi) is 5.22. The number of ether oxygens (including phenoxy) is 1. The lowest BCUT2D eigenvalue weighted by Crippen LogP contribution is -2.13. The molecule has 0 saturated carbocycles. The average Bonchev–Trinajstić information content (AvgIpc) is 2.56. The Bertz CT molecular complexity index is 855. The molecule has 2 aromatic carbocycles. The van der Waals surface area contributed by atoms with Gasteiger partial charge in [0, 0.05) is 23.4 Å². The number of carbonyl (C=O) groups is 1. The smallest absolute Gasteiger partial charge is 0.311 e. The summed E-state index contributed by atoms with van der Waals surface area (Å²) in [7, 11) is 0. The van der Waals surface area contributed by atoms with Crippen LogP contribution in [0.25, 0.3) is 0 Å². The molecule has 0 heterocycles. The minimum Gasteiger partial charge on any atom is -0.487 e. The monoisotopic (exact) mass is 349 g/mol. The van der Waals surface area contributed by atoms with Gasteiger partial charge in [-0.1, -0.05) is 0 Å². The molecule has 0 aliphatic heterocycles. The molecule has 0 aliphatic rings. The molecular weight excluding hydrogens is 337 g/mol. The number of hydrogen-bond acceptors (Lipinski definition) is 6. The van der Waals surface area contributed by atoms with Crippen LogP contribution >= 0.6 is 0 Å². The van der Waals surface area contributed by atoms with Gasteiger partial charge in [-0.05, 0) is 31.2 Å². The molecule has 0 saturated heterocycles. The highest BCUT2D eigenvalue weighted by Gasteiger charge is 2.20. The van der Waals surface area contributed by atoms with E-state index in [1.807, 2.05) is 0 Å². The van der Waals surface area contributed by atoms with Crippen molar-refractivity contribution in [2.24, 2.45) is 0 Å². The van der Waals surface area contributed by atoms with Gasteiger partial charge in [0.25, 0.3) is 5.91 Å². The van der Waals surface area contributed by atoms with Crippen LogP contribution in [0, 0.1) is 26.0 Å². The molecule has 10 heteroatoms. The molecule has 25 heavy (non-hydrogen) atoms. The Hall–Kier alpha value is -3.56. The second-order valence-electron chi connectivity index (χ2n) is 4.75. The van der Waals surface area contributed by atoms with Crippen molar-refractivity contribution in [3.63, 3.8) is 0 Å². The maximum atomic E-state index is 13.3. The van der Waals surface area contributed by atoms with E-state index in [1.165, 1.54) is 12.1 Å². The van der Waals surface area contributed by atoms with Crippen molar-refractivity contribution in [1.82, 2.24) is 0 Å². The molecule has 2 rings (SSSR count). The zero-order valence-electron chi connectivity index (χ0n) is 12.9. The summed E-state index contributed by atoms with van der Waals surface area (Å²) in [6, 6.07) is 6.46. The van der Waals surface area contributed by atoms with Crippen molar-refractivity contribution in [3.05, 3.63) is 68.0 Å². The number of benzene rings is 2. The van der Waals surface area contributed by atoms with Crippen molar-refractivity contribution in [3.8, 4) is 5.75 Å². The van der Waals surface area contributed by atoms with Gasteiger partial charge in [0.05, 0.1) is 16.5 Å². The fraction of sp³-hybridized carbons (Fsp3) is 0.133. The number of carbonyl (C=O) groups excluding carboxylic acids is 1. The number of nitro groups is 2. The van der Waals surface area contributed by atoms with Gasteiger partial charge in [-0.2, -0.15) is 4.39 Å². The van der Waals surface area contributed by atoms with Gasteiger partial charge in [-0.3, -0.25) is 25.0 Å². The molecule has 0 fully saturated rings. The van der Waals surface area contributed by atoms with Crippen LogP contribution in [0.2, 0.25) is 0 Å². The predicted octanol–water partition coefficient (Wildman–Crippen LogP) is 3.29. The van der Waals surface area contributed by atoms with Gasteiger partial charge in [0.1, 0.15) is 0 Å². The summed E-state index contributed by atoms with van der Waals surface area (Å²) in [6.45, 7) is 1.87. The van der Waals surface area contributed by atoms with E-state index in [4.69, 9.17) is 4.74 Å². The minimum absolute atomic E-state index is 0.0153. The van der Waals surface area contributed by atoms with E-state index in [9.17, 15) is 29.4 Å². The Morgan fingerprint density at radius 2 is 1.80 bits per heavy atom. The first-order valence-electron chi connectivity index (χ1n) is 7.00. The number of nitrogens with one attached hydrogen (secondary N) is 1. The molecule has 1 amide bonds.